The van der Waals surface area contributed by atoms with Crippen molar-refractivity contribution in [3.05, 3.63) is 47.8 Å². The second-order valence-electron chi connectivity index (χ2n) is 3.66. The smallest absolute Gasteiger partial charge is 0.335 e. The predicted octanol–water partition coefficient (Wildman–Crippen LogP) is 1.91. The number of carboxylic acid groups (broad SMARTS) is 1. The van der Waals surface area contributed by atoms with E-state index in [1.54, 1.807) is 6.07 Å². The van der Waals surface area contributed by atoms with E-state index in [0.29, 0.717) is 17.9 Å². The molecule has 1 heterocycles. The van der Waals surface area contributed by atoms with E-state index in [2.05, 4.69) is 10.3 Å². The molecule has 0 aliphatic rings. The van der Waals surface area contributed by atoms with Crippen LogP contribution in [0.25, 0.3) is 0 Å². The third-order valence-corrected chi connectivity index (χ3v) is 2.43. The highest BCUT2D eigenvalue weighted by Crippen LogP contribution is 2.20. The Bertz CT molecular complexity index is 521. The molecular formula is C12H13N3O2. The fourth-order valence-electron chi connectivity index (χ4n) is 1.51. The van der Waals surface area contributed by atoms with Gasteiger partial charge in [-0.25, -0.2) is 4.79 Å². The summed E-state index contributed by atoms with van der Waals surface area (Å²) in [5.41, 5.74) is 8.14. The second-order valence-corrected chi connectivity index (χ2v) is 3.66. The molecule has 0 radical (unpaired) electrons. The number of hydrogen-bond acceptors (Lipinski definition) is 3. The van der Waals surface area contributed by atoms with Gasteiger partial charge in [-0.2, -0.15) is 0 Å². The zero-order valence-corrected chi connectivity index (χ0v) is 9.10. The van der Waals surface area contributed by atoms with Crippen molar-refractivity contribution < 1.29 is 9.90 Å². The highest BCUT2D eigenvalue weighted by atomic mass is 16.4. The summed E-state index contributed by atoms with van der Waals surface area (Å²) >= 11 is 0. The Hall–Kier alpha value is -2.43. The number of hydrogen-bond donors (Lipinski definition) is 4. The number of nitrogen functional groups attached to an aromatic ring is 1. The Labute approximate surface area is 98.3 Å². The standard InChI is InChI=1S/C12H13N3O2/c13-10-4-3-8(12(16)17)6-11(10)15-7-9-2-1-5-14-9/h1-6,14-15H,7,13H2,(H,16,17). The van der Waals surface area contributed by atoms with Gasteiger partial charge >= 0.3 is 5.97 Å². The van der Waals surface area contributed by atoms with Crippen LogP contribution < -0.4 is 11.1 Å². The molecule has 17 heavy (non-hydrogen) atoms. The number of nitrogens with two attached hydrogens (primary N) is 1. The third-order valence-electron chi connectivity index (χ3n) is 2.43. The zero-order chi connectivity index (χ0) is 12.3. The number of nitrogens with one attached hydrogen (secondary N) is 2. The SMILES string of the molecule is Nc1ccc(C(=O)O)cc1NCc1ccc[nH]1. The highest BCUT2D eigenvalue weighted by molar-refractivity contribution is 5.90. The molecule has 1 aromatic heterocycles. The molecule has 0 spiro atoms. The number of anilines is 2. The summed E-state index contributed by atoms with van der Waals surface area (Å²) in [5, 5.41) is 12.0. The van der Waals surface area contributed by atoms with Crippen molar-refractivity contribution in [2.24, 2.45) is 0 Å². The monoisotopic (exact) mass is 231 g/mol. The average molecular weight is 231 g/mol. The lowest BCUT2D eigenvalue weighted by molar-refractivity contribution is 0.0697. The Morgan fingerprint density at radius 1 is 1.41 bits per heavy atom. The summed E-state index contributed by atoms with van der Waals surface area (Å²) in [5.74, 6) is -0.965. The fraction of sp³-hybridized carbons (Fsp3) is 0.0833. The molecular weight excluding hydrogens is 218 g/mol. The first-order valence-corrected chi connectivity index (χ1v) is 5.16. The van der Waals surface area contributed by atoms with E-state index in [-0.39, 0.29) is 5.56 Å². The summed E-state index contributed by atoms with van der Waals surface area (Å²) in [6.07, 6.45) is 1.83. The van der Waals surface area contributed by atoms with Gasteiger partial charge in [-0.15, -0.1) is 0 Å². The number of benzene rings is 1. The van der Waals surface area contributed by atoms with Crippen LogP contribution in [0.1, 0.15) is 16.1 Å². The Balaban J connectivity index is 2.14. The lowest BCUT2D eigenvalue weighted by Gasteiger charge is -2.09. The maximum absolute atomic E-state index is 10.8. The van der Waals surface area contributed by atoms with Gasteiger partial charge in [0.25, 0.3) is 0 Å². The molecule has 5 heteroatoms. The van der Waals surface area contributed by atoms with E-state index < -0.39 is 5.97 Å². The van der Waals surface area contributed by atoms with Crippen molar-refractivity contribution in [1.82, 2.24) is 4.98 Å². The van der Waals surface area contributed by atoms with Gasteiger partial charge in [0.05, 0.1) is 23.5 Å². The van der Waals surface area contributed by atoms with Crippen LogP contribution in [-0.2, 0) is 6.54 Å². The molecule has 0 fully saturated rings. The largest absolute Gasteiger partial charge is 0.478 e. The van der Waals surface area contributed by atoms with Crippen LogP contribution in [0.15, 0.2) is 36.5 Å². The summed E-state index contributed by atoms with van der Waals surface area (Å²) in [6, 6.07) is 8.43. The molecule has 88 valence electrons. The van der Waals surface area contributed by atoms with Gasteiger partial charge in [-0.1, -0.05) is 0 Å². The summed E-state index contributed by atoms with van der Waals surface area (Å²) < 4.78 is 0. The fourth-order valence-corrected chi connectivity index (χ4v) is 1.51. The quantitative estimate of drug-likeness (QED) is 0.605. The van der Waals surface area contributed by atoms with Gasteiger partial charge in [0.15, 0.2) is 0 Å². The van der Waals surface area contributed by atoms with Crippen LogP contribution in [0.2, 0.25) is 0 Å². The lowest BCUT2D eigenvalue weighted by Crippen LogP contribution is -2.05. The van der Waals surface area contributed by atoms with Crippen molar-refractivity contribution in [2.75, 3.05) is 11.1 Å². The van der Waals surface area contributed by atoms with E-state index >= 15 is 0 Å². The minimum atomic E-state index is -0.965. The molecule has 5 N–H and O–H groups in total. The maximum Gasteiger partial charge on any atom is 0.335 e. The molecule has 2 aromatic rings. The van der Waals surface area contributed by atoms with E-state index in [9.17, 15) is 4.79 Å². The summed E-state index contributed by atoms with van der Waals surface area (Å²) in [6.45, 7) is 0.570. The zero-order valence-electron chi connectivity index (χ0n) is 9.10. The molecule has 0 amide bonds. The van der Waals surface area contributed by atoms with E-state index in [1.165, 1.54) is 12.1 Å². The Morgan fingerprint density at radius 3 is 2.88 bits per heavy atom. The first kappa shape index (κ1) is 11.1. The third kappa shape index (κ3) is 2.57. The number of aromatic carboxylic acids is 1. The van der Waals surface area contributed by atoms with Crippen molar-refractivity contribution in [2.45, 2.75) is 6.54 Å². The van der Waals surface area contributed by atoms with Gasteiger partial charge < -0.3 is 21.1 Å². The first-order chi connectivity index (χ1) is 8.16. The molecule has 2 rings (SSSR count). The van der Waals surface area contributed by atoms with Crippen LogP contribution in [0.3, 0.4) is 0 Å². The second kappa shape index (κ2) is 4.61. The van der Waals surface area contributed by atoms with Crippen molar-refractivity contribution in [1.29, 1.82) is 0 Å². The number of rotatable bonds is 4. The van der Waals surface area contributed by atoms with E-state index in [4.69, 9.17) is 10.8 Å². The van der Waals surface area contributed by atoms with Gasteiger partial charge in [0, 0.05) is 11.9 Å². The van der Waals surface area contributed by atoms with Crippen LogP contribution in [0.4, 0.5) is 11.4 Å². The van der Waals surface area contributed by atoms with Crippen molar-refractivity contribution in [3.8, 4) is 0 Å². The molecule has 0 aliphatic carbocycles. The Morgan fingerprint density at radius 2 is 2.24 bits per heavy atom. The minimum Gasteiger partial charge on any atom is -0.478 e. The van der Waals surface area contributed by atoms with Crippen LogP contribution in [0.5, 0.6) is 0 Å². The van der Waals surface area contributed by atoms with Crippen LogP contribution >= 0.6 is 0 Å². The number of H-pyrrole nitrogens is 1. The predicted molar refractivity (Wildman–Crippen MR) is 65.9 cm³/mol. The molecule has 1 aromatic carbocycles. The summed E-state index contributed by atoms with van der Waals surface area (Å²) in [4.78, 5) is 13.9. The van der Waals surface area contributed by atoms with Gasteiger partial charge in [-0.05, 0) is 30.3 Å². The molecule has 0 bridgehead atoms. The molecule has 0 aliphatic heterocycles. The number of carbonyl (C=O) groups is 1. The highest BCUT2D eigenvalue weighted by Gasteiger charge is 2.06. The molecule has 0 unspecified atom stereocenters. The number of aromatic nitrogens is 1. The van der Waals surface area contributed by atoms with Gasteiger partial charge in [-0.3, -0.25) is 0 Å². The summed E-state index contributed by atoms with van der Waals surface area (Å²) in [7, 11) is 0. The normalized spacial score (nSPS) is 10.1. The topological polar surface area (TPSA) is 91.1 Å². The van der Waals surface area contributed by atoms with E-state index in [0.717, 1.165) is 5.69 Å². The average Bonchev–Trinajstić information content (AvgIpc) is 2.80. The van der Waals surface area contributed by atoms with Gasteiger partial charge in [0.2, 0.25) is 0 Å². The van der Waals surface area contributed by atoms with Crippen molar-refractivity contribution in [3.63, 3.8) is 0 Å². The number of carboxylic acids is 1. The maximum atomic E-state index is 10.8. The lowest BCUT2D eigenvalue weighted by atomic mass is 10.1. The number of aromatic amines is 1. The Kier molecular flexibility index (Phi) is 3.00. The van der Waals surface area contributed by atoms with Crippen LogP contribution in [0, 0.1) is 0 Å². The van der Waals surface area contributed by atoms with Gasteiger partial charge in [0.1, 0.15) is 0 Å². The first-order valence-electron chi connectivity index (χ1n) is 5.16. The molecule has 0 saturated carbocycles. The van der Waals surface area contributed by atoms with Crippen molar-refractivity contribution >= 4 is 17.3 Å². The molecule has 5 nitrogen and oxygen atoms in total. The minimum absolute atomic E-state index is 0.216. The van der Waals surface area contributed by atoms with Crippen LogP contribution in [-0.4, -0.2) is 16.1 Å². The molecule has 0 saturated heterocycles. The van der Waals surface area contributed by atoms with E-state index in [1.807, 2.05) is 18.3 Å². The molecule has 0 atom stereocenters.